The largest absolute Gasteiger partial charge is 0.396 e. The summed E-state index contributed by atoms with van der Waals surface area (Å²) in [5.41, 5.74) is 5.40. The average molecular weight is 322 g/mol. The first-order valence-electron chi connectivity index (χ1n) is 6.02. The van der Waals surface area contributed by atoms with Crippen LogP contribution in [0.15, 0.2) is 17.0 Å². The fourth-order valence-corrected chi connectivity index (χ4v) is 3.18. The molecular weight excluding hydrogens is 303 g/mol. The molecule has 8 heteroatoms. The Labute approximate surface area is 121 Å². The van der Waals surface area contributed by atoms with Gasteiger partial charge in [-0.3, -0.25) is 4.21 Å². The van der Waals surface area contributed by atoms with Gasteiger partial charge in [0, 0.05) is 28.9 Å². The number of sulfonamides is 1. The molecule has 0 saturated heterocycles. The van der Waals surface area contributed by atoms with E-state index in [2.05, 4.69) is 4.72 Å². The Balaban J connectivity index is 2.82. The molecule has 0 bridgehead atoms. The number of hydrogen-bond donors (Lipinski definition) is 2. The summed E-state index contributed by atoms with van der Waals surface area (Å²) in [5.74, 6) is -0.612. The van der Waals surface area contributed by atoms with Crippen molar-refractivity contribution in [1.82, 2.24) is 4.72 Å². The van der Waals surface area contributed by atoms with Crippen LogP contribution in [0.1, 0.15) is 18.9 Å². The van der Waals surface area contributed by atoms with Crippen LogP contribution in [-0.2, 0) is 20.8 Å². The molecule has 114 valence electrons. The summed E-state index contributed by atoms with van der Waals surface area (Å²) in [6.07, 6.45) is 2.03. The molecule has 0 heterocycles. The van der Waals surface area contributed by atoms with Crippen molar-refractivity contribution in [2.75, 3.05) is 18.5 Å². The number of hydrogen-bond acceptors (Lipinski definition) is 4. The number of rotatable bonds is 6. The number of aryl methyl sites for hydroxylation is 1. The second kappa shape index (κ2) is 6.64. The maximum absolute atomic E-state index is 13.4. The van der Waals surface area contributed by atoms with E-state index in [1.165, 1.54) is 13.0 Å². The summed E-state index contributed by atoms with van der Waals surface area (Å²) < 4.78 is 51.0. The molecule has 2 atom stereocenters. The molecule has 1 rings (SSSR count). The Hall–Kier alpha value is -0.990. The van der Waals surface area contributed by atoms with E-state index in [0.29, 0.717) is 6.42 Å². The molecule has 5 nitrogen and oxygen atoms in total. The van der Waals surface area contributed by atoms with Crippen LogP contribution in [0, 0.1) is 12.7 Å². The standard InChI is InChI=1S/C12H19FN2O3S2/c1-8-6-10(7-11(14)12(8)13)20(17,18)15-5-4-9(2)19(3)16/h6-7,9,15H,4-5,14H2,1-3H3. The van der Waals surface area contributed by atoms with Gasteiger partial charge < -0.3 is 5.73 Å². The van der Waals surface area contributed by atoms with Gasteiger partial charge in [0.25, 0.3) is 0 Å². The van der Waals surface area contributed by atoms with E-state index in [9.17, 15) is 17.0 Å². The molecule has 0 fully saturated rings. The highest BCUT2D eigenvalue weighted by Gasteiger charge is 2.17. The lowest BCUT2D eigenvalue weighted by atomic mass is 10.2. The average Bonchev–Trinajstić information content (AvgIpc) is 2.34. The highest BCUT2D eigenvalue weighted by Crippen LogP contribution is 2.20. The zero-order valence-electron chi connectivity index (χ0n) is 11.6. The summed E-state index contributed by atoms with van der Waals surface area (Å²) >= 11 is 0. The van der Waals surface area contributed by atoms with Gasteiger partial charge in [0.05, 0.1) is 10.6 Å². The van der Waals surface area contributed by atoms with Crippen LogP contribution < -0.4 is 10.5 Å². The van der Waals surface area contributed by atoms with Crippen LogP contribution in [-0.4, -0.2) is 30.7 Å². The van der Waals surface area contributed by atoms with Crippen molar-refractivity contribution in [2.24, 2.45) is 0 Å². The molecule has 0 aliphatic carbocycles. The molecule has 1 aromatic rings. The van der Waals surface area contributed by atoms with Gasteiger partial charge in [-0.25, -0.2) is 17.5 Å². The van der Waals surface area contributed by atoms with E-state index in [-0.39, 0.29) is 27.9 Å². The third-order valence-electron chi connectivity index (χ3n) is 2.98. The number of nitrogen functional groups attached to an aromatic ring is 1. The molecule has 0 spiro atoms. The molecule has 20 heavy (non-hydrogen) atoms. The number of nitrogens with two attached hydrogens (primary N) is 1. The van der Waals surface area contributed by atoms with Crippen LogP contribution in [0.3, 0.4) is 0 Å². The van der Waals surface area contributed by atoms with Gasteiger partial charge in [-0.05, 0) is 31.0 Å². The summed E-state index contributed by atoms with van der Waals surface area (Å²) in [5, 5.41) is -0.0993. The molecular formula is C12H19FN2O3S2. The SMILES string of the molecule is Cc1cc(S(=O)(=O)NCCC(C)S(C)=O)cc(N)c1F. The summed E-state index contributed by atoms with van der Waals surface area (Å²) in [6, 6.07) is 2.32. The number of halogens is 1. The van der Waals surface area contributed by atoms with Crippen LogP contribution in [0.2, 0.25) is 0 Å². The van der Waals surface area contributed by atoms with Crippen molar-refractivity contribution in [3.63, 3.8) is 0 Å². The number of benzene rings is 1. The molecule has 0 saturated carbocycles. The number of nitrogens with one attached hydrogen (secondary N) is 1. The Bertz CT molecular complexity index is 594. The quantitative estimate of drug-likeness (QED) is 0.769. The van der Waals surface area contributed by atoms with Crippen molar-refractivity contribution in [1.29, 1.82) is 0 Å². The third-order valence-corrected chi connectivity index (χ3v) is 5.79. The number of anilines is 1. The predicted molar refractivity (Wildman–Crippen MR) is 78.9 cm³/mol. The van der Waals surface area contributed by atoms with E-state index >= 15 is 0 Å². The fraction of sp³-hybridized carbons (Fsp3) is 0.500. The van der Waals surface area contributed by atoms with Gasteiger partial charge in [0.15, 0.2) is 0 Å². The topological polar surface area (TPSA) is 89.3 Å². The molecule has 3 N–H and O–H groups in total. The first kappa shape index (κ1) is 17.1. The van der Waals surface area contributed by atoms with Crippen LogP contribution in [0.4, 0.5) is 10.1 Å². The van der Waals surface area contributed by atoms with E-state index in [0.717, 1.165) is 6.07 Å². The Morgan fingerprint density at radius 2 is 2.05 bits per heavy atom. The maximum atomic E-state index is 13.4. The second-order valence-electron chi connectivity index (χ2n) is 4.64. The third kappa shape index (κ3) is 4.26. The van der Waals surface area contributed by atoms with Crippen LogP contribution in [0.25, 0.3) is 0 Å². The van der Waals surface area contributed by atoms with E-state index in [1.54, 1.807) is 13.2 Å². The van der Waals surface area contributed by atoms with E-state index in [1.807, 2.05) is 0 Å². The highest BCUT2D eigenvalue weighted by molar-refractivity contribution is 7.89. The monoisotopic (exact) mass is 322 g/mol. The zero-order chi connectivity index (χ0) is 15.5. The maximum Gasteiger partial charge on any atom is 0.240 e. The van der Waals surface area contributed by atoms with Crippen molar-refractivity contribution in [3.8, 4) is 0 Å². The highest BCUT2D eigenvalue weighted by atomic mass is 32.2. The van der Waals surface area contributed by atoms with Crippen molar-refractivity contribution in [3.05, 3.63) is 23.5 Å². The first-order valence-corrected chi connectivity index (χ1v) is 9.13. The van der Waals surface area contributed by atoms with Gasteiger partial charge >= 0.3 is 0 Å². The molecule has 0 aliphatic rings. The van der Waals surface area contributed by atoms with Crippen molar-refractivity contribution >= 4 is 26.5 Å². The van der Waals surface area contributed by atoms with Crippen LogP contribution in [0.5, 0.6) is 0 Å². The lowest BCUT2D eigenvalue weighted by Gasteiger charge is -2.11. The van der Waals surface area contributed by atoms with E-state index < -0.39 is 26.6 Å². The molecule has 0 aromatic heterocycles. The summed E-state index contributed by atoms with van der Waals surface area (Å²) in [7, 11) is -4.74. The Kier molecular flexibility index (Phi) is 5.67. The smallest absolute Gasteiger partial charge is 0.240 e. The lowest BCUT2D eigenvalue weighted by Crippen LogP contribution is -2.28. The summed E-state index contributed by atoms with van der Waals surface area (Å²) in [6.45, 7) is 3.40. The van der Waals surface area contributed by atoms with Gasteiger partial charge in [-0.2, -0.15) is 0 Å². The van der Waals surface area contributed by atoms with Crippen molar-refractivity contribution in [2.45, 2.75) is 30.4 Å². The zero-order valence-corrected chi connectivity index (χ0v) is 13.3. The second-order valence-corrected chi connectivity index (χ2v) is 8.21. The van der Waals surface area contributed by atoms with Gasteiger partial charge in [-0.1, -0.05) is 6.92 Å². The molecule has 1 aromatic carbocycles. The molecule has 0 aliphatic heterocycles. The Morgan fingerprint density at radius 1 is 1.45 bits per heavy atom. The lowest BCUT2D eigenvalue weighted by molar-refractivity contribution is 0.576. The summed E-state index contributed by atoms with van der Waals surface area (Å²) in [4.78, 5) is -0.0702. The first-order chi connectivity index (χ1) is 9.15. The Morgan fingerprint density at radius 3 is 2.55 bits per heavy atom. The van der Waals surface area contributed by atoms with Crippen LogP contribution >= 0.6 is 0 Å². The molecule has 2 unspecified atom stereocenters. The van der Waals surface area contributed by atoms with E-state index in [4.69, 9.17) is 5.73 Å². The minimum atomic E-state index is -3.74. The molecule has 0 radical (unpaired) electrons. The molecule has 0 amide bonds. The van der Waals surface area contributed by atoms with Gasteiger partial charge in [0.2, 0.25) is 10.0 Å². The minimum Gasteiger partial charge on any atom is -0.396 e. The van der Waals surface area contributed by atoms with Crippen molar-refractivity contribution < 1.29 is 17.0 Å². The normalized spacial score (nSPS) is 15.0. The fourth-order valence-electron chi connectivity index (χ4n) is 1.56. The predicted octanol–water partition coefficient (Wildman–Crippen LogP) is 1.15. The van der Waals surface area contributed by atoms with Gasteiger partial charge in [0.1, 0.15) is 5.82 Å². The minimum absolute atomic E-state index is 0.0702. The van der Waals surface area contributed by atoms with Gasteiger partial charge in [-0.15, -0.1) is 0 Å².